The van der Waals surface area contributed by atoms with Crippen molar-refractivity contribution in [1.29, 1.82) is 5.26 Å². The first kappa shape index (κ1) is 11.5. The summed E-state index contributed by atoms with van der Waals surface area (Å²) in [6.45, 7) is 0. The van der Waals surface area contributed by atoms with Crippen LogP contribution >= 0.6 is 0 Å². The summed E-state index contributed by atoms with van der Waals surface area (Å²) in [5.74, 6) is 6.39. The van der Waals surface area contributed by atoms with E-state index in [-0.39, 0.29) is 0 Å². The van der Waals surface area contributed by atoms with Crippen molar-refractivity contribution in [2.45, 2.75) is 44.9 Å². The van der Waals surface area contributed by atoms with Gasteiger partial charge < -0.3 is 0 Å². The average Bonchev–Trinajstić information content (AvgIpc) is 2.81. The smallest absolute Gasteiger partial charge is 0.164 e. The molecule has 4 nitrogen and oxygen atoms in total. The van der Waals surface area contributed by atoms with Crippen LogP contribution in [0.25, 0.3) is 0 Å². The van der Waals surface area contributed by atoms with Crippen molar-refractivity contribution in [3.63, 3.8) is 0 Å². The minimum absolute atomic E-state index is 0.318. The summed E-state index contributed by atoms with van der Waals surface area (Å²) >= 11 is 0. The molecule has 1 aromatic heterocycles. The largest absolute Gasteiger partial charge is 0.263 e. The van der Waals surface area contributed by atoms with Crippen LogP contribution in [-0.4, -0.2) is 15.2 Å². The highest BCUT2D eigenvalue weighted by Gasteiger charge is 2.48. The zero-order valence-electron chi connectivity index (χ0n) is 11.2. The molecule has 0 aromatic carbocycles. The number of aromatic amines is 1. The van der Waals surface area contributed by atoms with E-state index < -0.39 is 0 Å². The lowest BCUT2D eigenvalue weighted by molar-refractivity contribution is -0.0367. The monoisotopic (exact) mass is 256 g/mol. The maximum atomic E-state index is 8.67. The van der Waals surface area contributed by atoms with Crippen molar-refractivity contribution in [3.8, 4) is 6.07 Å². The number of nitrogens with zero attached hydrogens (tertiary/aromatic N) is 3. The van der Waals surface area contributed by atoms with Gasteiger partial charge in [0.25, 0.3) is 0 Å². The number of rotatable bonds is 3. The number of hydrogen-bond donors (Lipinski definition) is 1. The van der Waals surface area contributed by atoms with E-state index in [4.69, 9.17) is 5.26 Å². The van der Waals surface area contributed by atoms with Crippen molar-refractivity contribution in [2.24, 2.45) is 29.6 Å². The van der Waals surface area contributed by atoms with Crippen LogP contribution in [-0.2, 0) is 12.8 Å². The summed E-state index contributed by atoms with van der Waals surface area (Å²) in [6, 6.07) is 2.11. The molecular weight excluding hydrogens is 236 g/mol. The van der Waals surface area contributed by atoms with Gasteiger partial charge in [-0.25, -0.2) is 4.98 Å². The van der Waals surface area contributed by atoms with Gasteiger partial charge in [-0.05, 0) is 61.7 Å². The molecule has 1 N–H and O–H groups in total. The number of aromatic nitrogens is 3. The molecule has 0 radical (unpaired) electrons. The Balaban J connectivity index is 1.49. The molecule has 4 fully saturated rings. The molecule has 0 amide bonds. The van der Waals surface area contributed by atoms with Gasteiger partial charge in [-0.3, -0.25) is 5.10 Å². The highest BCUT2D eigenvalue weighted by Crippen LogP contribution is 2.57. The fourth-order valence-corrected chi connectivity index (χ4v) is 5.17. The van der Waals surface area contributed by atoms with Gasteiger partial charge in [0.1, 0.15) is 5.82 Å². The van der Waals surface area contributed by atoms with E-state index in [2.05, 4.69) is 21.3 Å². The molecule has 4 saturated carbocycles. The van der Waals surface area contributed by atoms with Crippen LogP contribution in [0.15, 0.2) is 0 Å². The lowest BCUT2D eigenvalue weighted by Gasteiger charge is -2.54. The molecule has 5 rings (SSSR count). The van der Waals surface area contributed by atoms with Gasteiger partial charge in [0, 0.05) is 6.42 Å². The normalized spacial score (nSPS) is 39.4. The maximum Gasteiger partial charge on any atom is 0.164 e. The van der Waals surface area contributed by atoms with Crippen LogP contribution in [0.2, 0.25) is 0 Å². The van der Waals surface area contributed by atoms with Gasteiger partial charge in [0.05, 0.1) is 12.5 Å². The minimum Gasteiger partial charge on any atom is -0.263 e. The van der Waals surface area contributed by atoms with Crippen molar-refractivity contribution in [1.82, 2.24) is 15.2 Å². The Hall–Kier alpha value is -1.37. The van der Waals surface area contributed by atoms with E-state index in [1.54, 1.807) is 0 Å². The predicted octanol–water partition coefficient (Wildman–Crippen LogP) is 2.49. The van der Waals surface area contributed by atoms with Gasteiger partial charge in [-0.1, -0.05) is 0 Å². The summed E-state index contributed by atoms with van der Waals surface area (Å²) in [5.41, 5.74) is 0. The Morgan fingerprint density at radius 1 is 1.11 bits per heavy atom. The third-order valence-corrected chi connectivity index (χ3v) is 5.67. The van der Waals surface area contributed by atoms with Gasteiger partial charge >= 0.3 is 0 Å². The Morgan fingerprint density at radius 2 is 1.79 bits per heavy atom. The third kappa shape index (κ3) is 1.96. The van der Waals surface area contributed by atoms with Gasteiger partial charge in [-0.2, -0.15) is 10.4 Å². The second-order valence-corrected chi connectivity index (χ2v) is 6.83. The standard InChI is InChI=1S/C15H20N4/c16-2-1-14-17-15(19-18-14)8-13-11-4-9-3-10(6-11)7-12(13)5-9/h9-13H,1,3-8H2,(H,17,18,19). The van der Waals surface area contributed by atoms with Crippen LogP contribution in [0.1, 0.15) is 43.8 Å². The molecule has 19 heavy (non-hydrogen) atoms. The molecule has 0 aliphatic heterocycles. The first-order chi connectivity index (χ1) is 9.31. The molecule has 4 heteroatoms. The van der Waals surface area contributed by atoms with Crippen molar-refractivity contribution in [2.75, 3.05) is 0 Å². The second kappa shape index (κ2) is 4.33. The average molecular weight is 256 g/mol. The second-order valence-electron chi connectivity index (χ2n) is 6.83. The third-order valence-electron chi connectivity index (χ3n) is 5.67. The number of nitriles is 1. The van der Waals surface area contributed by atoms with Crippen molar-refractivity contribution < 1.29 is 0 Å². The summed E-state index contributed by atoms with van der Waals surface area (Å²) in [6.07, 6.45) is 8.70. The zero-order chi connectivity index (χ0) is 12.8. The Kier molecular flexibility index (Phi) is 2.61. The van der Waals surface area contributed by atoms with Crippen molar-refractivity contribution >= 4 is 0 Å². The molecule has 1 heterocycles. The SMILES string of the molecule is N#CCc1n[nH]c(CC2C3CC4CC(C3)CC2C4)n1. The molecule has 4 aliphatic carbocycles. The molecule has 4 aliphatic rings. The number of H-pyrrole nitrogens is 1. The van der Waals surface area contributed by atoms with E-state index in [1.165, 1.54) is 32.1 Å². The van der Waals surface area contributed by atoms with Crippen LogP contribution in [0.4, 0.5) is 0 Å². The summed E-state index contributed by atoms with van der Waals surface area (Å²) in [7, 11) is 0. The van der Waals surface area contributed by atoms with Crippen LogP contribution in [0.5, 0.6) is 0 Å². The summed E-state index contributed by atoms with van der Waals surface area (Å²) in [4.78, 5) is 4.46. The van der Waals surface area contributed by atoms with Gasteiger partial charge in [0.2, 0.25) is 0 Å². The number of hydrogen-bond acceptors (Lipinski definition) is 3. The molecular formula is C15H20N4. The molecule has 0 unspecified atom stereocenters. The van der Waals surface area contributed by atoms with E-state index in [0.29, 0.717) is 12.2 Å². The van der Waals surface area contributed by atoms with Crippen LogP contribution in [0, 0.1) is 40.9 Å². The first-order valence-electron chi connectivity index (χ1n) is 7.59. The van der Waals surface area contributed by atoms with E-state index in [1.807, 2.05) is 0 Å². The molecule has 1 aromatic rings. The first-order valence-corrected chi connectivity index (χ1v) is 7.59. The van der Waals surface area contributed by atoms with E-state index >= 15 is 0 Å². The van der Waals surface area contributed by atoms with Gasteiger partial charge in [-0.15, -0.1) is 0 Å². The van der Waals surface area contributed by atoms with Crippen LogP contribution in [0.3, 0.4) is 0 Å². The maximum absolute atomic E-state index is 8.67. The minimum atomic E-state index is 0.318. The highest BCUT2D eigenvalue weighted by molar-refractivity contribution is 5.03. The Labute approximate surface area is 113 Å². The van der Waals surface area contributed by atoms with E-state index in [0.717, 1.165) is 41.8 Å². The Morgan fingerprint density at radius 3 is 2.42 bits per heavy atom. The topological polar surface area (TPSA) is 65.4 Å². The lowest BCUT2D eigenvalue weighted by Crippen LogP contribution is -2.45. The van der Waals surface area contributed by atoms with Crippen LogP contribution < -0.4 is 0 Å². The molecule has 100 valence electrons. The summed E-state index contributed by atoms with van der Waals surface area (Å²) in [5, 5.41) is 15.8. The highest BCUT2D eigenvalue weighted by atomic mass is 15.2. The fraction of sp³-hybridized carbons (Fsp3) is 0.800. The molecule has 4 bridgehead atoms. The number of nitrogens with one attached hydrogen (secondary N) is 1. The van der Waals surface area contributed by atoms with Gasteiger partial charge in [0.15, 0.2) is 5.82 Å². The predicted molar refractivity (Wildman–Crippen MR) is 69.9 cm³/mol. The quantitative estimate of drug-likeness (QED) is 0.903. The Bertz CT molecular complexity index is 484. The molecule has 0 atom stereocenters. The molecule has 0 saturated heterocycles. The fourth-order valence-electron chi connectivity index (χ4n) is 5.17. The zero-order valence-corrected chi connectivity index (χ0v) is 11.2. The summed E-state index contributed by atoms with van der Waals surface area (Å²) < 4.78 is 0. The van der Waals surface area contributed by atoms with Crippen molar-refractivity contribution in [3.05, 3.63) is 11.6 Å². The molecule has 0 spiro atoms. The lowest BCUT2D eigenvalue weighted by atomic mass is 9.51. The van der Waals surface area contributed by atoms with E-state index in [9.17, 15) is 0 Å².